The van der Waals surface area contributed by atoms with Crippen LogP contribution in [-0.4, -0.2) is 16.7 Å². The fraction of sp³-hybridized carbons (Fsp3) is 0.333. The summed E-state index contributed by atoms with van der Waals surface area (Å²) in [6.45, 7) is 0.967. The van der Waals surface area contributed by atoms with E-state index in [0.29, 0.717) is 11.4 Å². The zero-order valence-electron chi connectivity index (χ0n) is 9.19. The van der Waals surface area contributed by atoms with Gasteiger partial charge in [-0.3, -0.25) is 0 Å². The van der Waals surface area contributed by atoms with E-state index in [2.05, 4.69) is 15.5 Å². The molecule has 5 heteroatoms. The molecule has 17 heavy (non-hydrogen) atoms. The maximum absolute atomic E-state index is 13.5. The van der Waals surface area contributed by atoms with Gasteiger partial charge in [-0.2, -0.15) is 4.98 Å². The lowest BCUT2D eigenvalue weighted by Gasteiger charge is -2.01. The molecular formula is C12H12FN3O. The number of aromatic nitrogens is 2. The Bertz CT molecular complexity index is 520. The van der Waals surface area contributed by atoms with Gasteiger partial charge >= 0.3 is 0 Å². The van der Waals surface area contributed by atoms with Gasteiger partial charge in [0, 0.05) is 0 Å². The molecule has 1 aromatic heterocycles. The van der Waals surface area contributed by atoms with Crippen molar-refractivity contribution in [2.24, 2.45) is 0 Å². The third-order valence-corrected chi connectivity index (χ3v) is 2.92. The van der Waals surface area contributed by atoms with Crippen molar-refractivity contribution in [2.45, 2.75) is 18.9 Å². The van der Waals surface area contributed by atoms with Crippen LogP contribution in [0.1, 0.15) is 24.7 Å². The van der Waals surface area contributed by atoms with E-state index in [1.54, 1.807) is 18.2 Å². The smallest absolute Gasteiger partial charge is 0.260 e. The van der Waals surface area contributed by atoms with Crippen molar-refractivity contribution in [1.82, 2.24) is 15.5 Å². The Balaban J connectivity index is 1.92. The minimum absolute atomic E-state index is 0.138. The Morgan fingerprint density at radius 3 is 3.00 bits per heavy atom. The first-order valence-electron chi connectivity index (χ1n) is 5.66. The Morgan fingerprint density at radius 2 is 2.24 bits per heavy atom. The molecule has 0 spiro atoms. The molecule has 1 atom stereocenters. The molecule has 1 saturated heterocycles. The second-order valence-electron chi connectivity index (χ2n) is 4.09. The average Bonchev–Trinajstić information content (AvgIpc) is 3.00. The molecule has 88 valence electrons. The topological polar surface area (TPSA) is 51.0 Å². The van der Waals surface area contributed by atoms with Gasteiger partial charge in [0.1, 0.15) is 5.82 Å². The molecule has 2 heterocycles. The number of hydrogen-bond acceptors (Lipinski definition) is 4. The minimum Gasteiger partial charge on any atom is -0.334 e. The summed E-state index contributed by atoms with van der Waals surface area (Å²) in [6.07, 6.45) is 2.10. The van der Waals surface area contributed by atoms with Crippen LogP contribution in [0.4, 0.5) is 4.39 Å². The van der Waals surface area contributed by atoms with Crippen molar-refractivity contribution < 1.29 is 8.91 Å². The van der Waals surface area contributed by atoms with Crippen molar-refractivity contribution in [2.75, 3.05) is 6.54 Å². The maximum Gasteiger partial charge on any atom is 0.260 e. The molecule has 0 amide bonds. The highest BCUT2D eigenvalue weighted by Gasteiger charge is 2.22. The third kappa shape index (κ3) is 1.93. The highest BCUT2D eigenvalue weighted by molar-refractivity contribution is 5.53. The summed E-state index contributed by atoms with van der Waals surface area (Å²) >= 11 is 0. The zero-order chi connectivity index (χ0) is 11.7. The van der Waals surface area contributed by atoms with Crippen LogP contribution >= 0.6 is 0 Å². The second-order valence-corrected chi connectivity index (χ2v) is 4.09. The summed E-state index contributed by atoms with van der Waals surface area (Å²) in [5.74, 6) is 0.509. The molecule has 0 radical (unpaired) electrons. The molecule has 1 unspecified atom stereocenters. The van der Waals surface area contributed by atoms with Crippen LogP contribution in [0, 0.1) is 5.82 Å². The molecule has 1 aliphatic heterocycles. The van der Waals surface area contributed by atoms with Crippen molar-refractivity contribution >= 4 is 0 Å². The Labute approximate surface area is 97.8 Å². The van der Waals surface area contributed by atoms with Gasteiger partial charge in [-0.05, 0) is 31.5 Å². The zero-order valence-corrected chi connectivity index (χ0v) is 9.19. The van der Waals surface area contributed by atoms with E-state index in [0.717, 1.165) is 19.4 Å². The molecule has 0 bridgehead atoms. The summed E-state index contributed by atoms with van der Waals surface area (Å²) < 4.78 is 18.6. The number of nitrogens with zero attached hydrogens (tertiary/aromatic N) is 2. The van der Waals surface area contributed by atoms with Crippen LogP contribution in [0.2, 0.25) is 0 Å². The summed E-state index contributed by atoms with van der Waals surface area (Å²) in [6, 6.07) is 6.53. The summed E-state index contributed by atoms with van der Waals surface area (Å²) in [5.41, 5.74) is 0.351. The van der Waals surface area contributed by atoms with Crippen molar-refractivity contribution in [3.63, 3.8) is 0 Å². The van der Waals surface area contributed by atoms with Gasteiger partial charge in [0.05, 0.1) is 11.6 Å². The fourth-order valence-corrected chi connectivity index (χ4v) is 2.03. The Morgan fingerprint density at radius 1 is 1.35 bits per heavy atom. The van der Waals surface area contributed by atoms with E-state index in [4.69, 9.17) is 4.52 Å². The molecule has 2 aromatic rings. The number of nitrogens with one attached hydrogen (secondary N) is 1. The van der Waals surface area contributed by atoms with Crippen molar-refractivity contribution in [3.05, 3.63) is 35.9 Å². The summed E-state index contributed by atoms with van der Waals surface area (Å²) in [4.78, 5) is 4.24. The Kier molecular flexibility index (Phi) is 2.60. The van der Waals surface area contributed by atoms with Crippen LogP contribution in [0.25, 0.3) is 11.5 Å². The lowest BCUT2D eigenvalue weighted by atomic mass is 10.2. The predicted octanol–water partition coefficient (Wildman–Crippen LogP) is 2.30. The SMILES string of the molecule is Fc1ccccc1-c1nc(C2CCCN2)no1. The van der Waals surface area contributed by atoms with E-state index in [1.807, 2.05) is 0 Å². The monoisotopic (exact) mass is 233 g/mol. The molecule has 1 aromatic carbocycles. The van der Waals surface area contributed by atoms with Gasteiger partial charge in [-0.1, -0.05) is 17.3 Å². The summed E-state index contributed by atoms with van der Waals surface area (Å²) in [5, 5.41) is 7.17. The standard InChI is InChI=1S/C12H12FN3O/c13-9-5-2-1-4-8(9)12-15-11(16-17-12)10-6-3-7-14-10/h1-2,4-5,10,14H,3,6-7H2. The first kappa shape index (κ1) is 10.4. The quantitative estimate of drug-likeness (QED) is 0.864. The molecule has 1 N–H and O–H groups in total. The number of hydrogen-bond donors (Lipinski definition) is 1. The minimum atomic E-state index is -0.345. The van der Waals surface area contributed by atoms with E-state index >= 15 is 0 Å². The van der Waals surface area contributed by atoms with E-state index in [9.17, 15) is 4.39 Å². The predicted molar refractivity (Wildman–Crippen MR) is 59.7 cm³/mol. The van der Waals surface area contributed by atoms with Crippen LogP contribution in [-0.2, 0) is 0 Å². The molecule has 0 saturated carbocycles. The molecule has 1 fully saturated rings. The number of rotatable bonds is 2. The number of benzene rings is 1. The van der Waals surface area contributed by atoms with Crippen molar-refractivity contribution in [3.8, 4) is 11.5 Å². The third-order valence-electron chi connectivity index (χ3n) is 2.92. The fourth-order valence-electron chi connectivity index (χ4n) is 2.03. The molecule has 1 aliphatic rings. The average molecular weight is 233 g/mol. The van der Waals surface area contributed by atoms with Crippen LogP contribution in [0.3, 0.4) is 0 Å². The van der Waals surface area contributed by atoms with E-state index in [-0.39, 0.29) is 17.7 Å². The molecule has 3 rings (SSSR count). The lowest BCUT2D eigenvalue weighted by Crippen LogP contribution is -2.14. The van der Waals surface area contributed by atoms with Gasteiger partial charge in [0.2, 0.25) is 0 Å². The van der Waals surface area contributed by atoms with Crippen molar-refractivity contribution in [1.29, 1.82) is 0 Å². The highest BCUT2D eigenvalue weighted by atomic mass is 19.1. The molecular weight excluding hydrogens is 221 g/mol. The first-order valence-corrected chi connectivity index (χ1v) is 5.66. The summed E-state index contributed by atoms with van der Waals surface area (Å²) in [7, 11) is 0. The molecule has 0 aliphatic carbocycles. The van der Waals surface area contributed by atoms with E-state index in [1.165, 1.54) is 6.07 Å². The lowest BCUT2D eigenvalue weighted by molar-refractivity contribution is 0.410. The van der Waals surface area contributed by atoms with Crippen LogP contribution in [0.5, 0.6) is 0 Å². The maximum atomic E-state index is 13.5. The highest BCUT2D eigenvalue weighted by Crippen LogP contribution is 2.25. The normalized spacial score (nSPS) is 19.7. The van der Waals surface area contributed by atoms with Gasteiger partial charge < -0.3 is 9.84 Å². The second kappa shape index (κ2) is 4.25. The largest absolute Gasteiger partial charge is 0.334 e. The van der Waals surface area contributed by atoms with Gasteiger partial charge in [0.25, 0.3) is 5.89 Å². The van der Waals surface area contributed by atoms with Crippen LogP contribution < -0.4 is 5.32 Å². The van der Waals surface area contributed by atoms with Gasteiger partial charge in [-0.25, -0.2) is 4.39 Å². The van der Waals surface area contributed by atoms with E-state index < -0.39 is 0 Å². The first-order chi connectivity index (χ1) is 8.34. The van der Waals surface area contributed by atoms with Gasteiger partial charge in [0.15, 0.2) is 5.82 Å². The van der Waals surface area contributed by atoms with Crippen LogP contribution in [0.15, 0.2) is 28.8 Å². The molecule has 4 nitrogen and oxygen atoms in total. The Hall–Kier alpha value is -1.75. The number of halogens is 1. The van der Waals surface area contributed by atoms with Gasteiger partial charge in [-0.15, -0.1) is 0 Å².